The molecular formula is C14H12N2O3. The minimum absolute atomic E-state index is 0.329. The monoisotopic (exact) mass is 256 g/mol. The summed E-state index contributed by atoms with van der Waals surface area (Å²) in [6, 6.07) is 7.10. The number of methoxy groups -OCH3 is 1. The molecule has 1 aromatic carbocycles. The van der Waals surface area contributed by atoms with Gasteiger partial charge in [-0.15, -0.1) is 0 Å². The molecule has 0 saturated heterocycles. The summed E-state index contributed by atoms with van der Waals surface area (Å²) in [4.78, 5) is 15.0. The molecule has 0 aliphatic carbocycles. The number of nitrogens with zero attached hydrogens (tertiary/aromatic N) is 2. The second-order valence-corrected chi connectivity index (χ2v) is 3.85. The van der Waals surface area contributed by atoms with Crippen molar-refractivity contribution in [3.05, 3.63) is 35.5 Å². The molecule has 1 aromatic heterocycles. The molecule has 5 nitrogen and oxygen atoms in total. The van der Waals surface area contributed by atoms with E-state index in [1.54, 1.807) is 25.3 Å². The first-order valence-corrected chi connectivity index (χ1v) is 5.70. The summed E-state index contributed by atoms with van der Waals surface area (Å²) in [5, 5.41) is 9.74. The van der Waals surface area contributed by atoms with Gasteiger partial charge in [0.2, 0.25) is 0 Å². The Hall–Kier alpha value is -2.45. The van der Waals surface area contributed by atoms with Crippen molar-refractivity contribution in [1.82, 2.24) is 4.98 Å². The zero-order chi connectivity index (χ0) is 13.7. The molecule has 0 unspecified atom stereocenters. The number of carbonyl (C=O) groups is 1. The highest BCUT2D eigenvalue weighted by atomic mass is 16.5. The number of pyridine rings is 1. The molecular weight excluding hydrogens is 244 g/mol. The fourth-order valence-corrected chi connectivity index (χ4v) is 1.72. The summed E-state index contributed by atoms with van der Waals surface area (Å²) in [6.45, 7) is 0.748. The summed E-state index contributed by atoms with van der Waals surface area (Å²) in [5.41, 5.74) is 1.53. The number of rotatable bonds is 5. The van der Waals surface area contributed by atoms with Crippen LogP contribution >= 0.6 is 0 Å². The standard InChI is InChI=1S/C14H12N2O3/c1-18-4-5-19-14-11(7-15)8-16-13-3-2-10(9-17)6-12(13)14/h2-3,6,8-9H,4-5H2,1H3. The van der Waals surface area contributed by atoms with E-state index in [0.717, 1.165) is 6.29 Å². The summed E-state index contributed by atoms with van der Waals surface area (Å²) in [6.07, 6.45) is 2.21. The molecule has 96 valence electrons. The van der Waals surface area contributed by atoms with Crippen LogP contribution in [0.2, 0.25) is 0 Å². The quantitative estimate of drug-likeness (QED) is 0.604. The van der Waals surface area contributed by atoms with Gasteiger partial charge in [0.25, 0.3) is 0 Å². The largest absolute Gasteiger partial charge is 0.489 e. The van der Waals surface area contributed by atoms with Crippen LogP contribution in [0.3, 0.4) is 0 Å². The number of aldehydes is 1. The van der Waals surface area contributed by atoms with E-state index in [0.29, 0.717) is 41.0 Å². The SMILES string of the molecule is COCCOc1c(C#N)cnc2ccc(C=O)cc12. The van der Waals surface area contributed by atoms with Crippen molar-refractivity contribution in [2.75, 3.05) is 20.3 Å². The Kier molecular flexibility index (Phi) is 4.06. The van der Waals surface area contributed by atoms with Gasteiger partial charge in [-0.1, -0.05) is 0 Å². The van der Waals surface area contributed by atoms with E-state index < -0.39 is 0 Å². The van der Waals surface area contributed by atoms with Gasteiger partial charge >= 0.3 is 0 Å². The van der Waals surface area contributed by atoms with Gasteiger partial charge < -0.3 is 9.47 Å². The third kappa shape index (κ3) is 2.69. The molecule has 19 heavy (non-hydrogen) atoms. The van der Waals surface area contributed by atoms with E-state index in [1.165, 1.54) is 6.20 Å². The third-order valence-electron chi connectivity index (χ3n) is 2.63. The van der Waals surface area contributed by atoms with Crippen molar-refractivity contribution in [3.63, 3.8) is 0 Å². The Morgan fingerprint density at radius 3 is 2.95 bits per heavy atom. The van der Waals surface area contributed by atoms with Crippen molar-refractivity contribution in [1.29, 1.82) is 5.26 Å². The van der Waals surface area contributed by atoms with Crippen molar-refractivity contribution in [2.24, 2.45) is 0 Å². The van der Waals surface area contributed by atoms with E-state index in [2.05, 4.69) is 4.98 Å². The van der Waals surface area contributed by atoms with Crippen LogP contribution in [-0.4, -0.2) is 31.6 Å². The molecule has 1 heterocycles. The maximum atomic E-state index is 10.8. The van der Waals surface area contributed by atoms with E-state index in [9.17, 15) is 4.79 Å². The molecule has 0 amide bonds. The second-order valence-electron chi connectivity index (χ2n) is 3.85. The van der Waals surface area contributed by atoms with Crippen LogP contribution in [0, 0.1) is 11.3 Å². The molecule has 5 heteroatoms. The van der Waals surface area contributed by atoms with Gasteiger partial charge in [-0.3, -0.25) is 9.78 Å². The molecule has 0 atom stereocenters. The highest BCUT2D eigenvalue weighted by Crippen LogP contribution is 2.28. The van der Waals surface area contributed by atoms with E-state index >= 15 is 0 Å². The summed E-state index contributed by atoms with van der Waals surface area (Å²) in [7, 11) is 1.57. The van der Waals surface area contributed by atoms with E-state index in [1.807, 2.05) is 6.07 Å². The predicted molar refractivity (Wildman–Crippen MR) is 69.2 cm³/mol. The van der Waals surface area contributed by atoms with Crippen LogP contribution in [0.5, 0.6) is 5.75 Å². The van der Waals surface area contributed by atoms with Gasteiger partial charge in [0.1, 0.15) is 30.3 Å². The fourth-order valence-electron chi connectivity index (χ4n) is 1.72. The summed E-state index contributed by atoms with van der Waals surface area (Å²) < 4.78 is 10.5. The van der Waals surface area contributed by atoms with Crippen molar-refractivity contribution < 1.29 is 14.3 Å². The van der Waals surface area contributed by atoms with Crippen molar-refractivity contribution in [2.45, 2.75) is 0 Å². The number of hydrogen-bond acceptors (Lipinski definition) is 5. The first-order chi connectivity index (χ1) is 9.30. The zero-order valence-corrected chi connectivity index (χ0v) is 10.4. The topological polar surface area (TPSA) is 72.2 Å². The lowest BCUT2D eigenvalue weighted by molar-refractivity contribution is 0.112. The number of fused-ring (bicyclic) bond motifs is 1. The van der Waals surface area contributed by atoms with Crippen LogP contribution in [-0.2, 0) is 4.74 Å². The Bertz CT molecular complexity index is 647. The van der Waals surface area contributed by atoms with Gasteiger partial charge in [0.05, 0.1) is 12.1 Å². The highest BCUT2D eigenvalue weighted by Gasteiger charge is 2.10. The van der Waals surface area contributed by atoms with E-state index in [4.69, 9.17) is 14.7 Å². The molecule has 2 aromatic rings. The maximum absolute atomic E-state index is 10.8. The number of carbonyl (C=O) groups excluding carboxylic acids is 1. The fraction of sp³-hybridized carbons (Fsp3) is 0.214. The van der Waals surface area contributed by atoms with Crippen LogP contribution in [0.15, 0.2) is 24.4 Å². The Balaban J connectivity index is 2.54. The number of benzene rings is 1. The average Bonchev–Trinajstić information content (AvgIpc) is 2.47. The minimum atomic E-state index is 0.329. The Labute approximate surface area is 110 Å². The summed E-state index contributed by atoms with van der Waals surface area (Å²) >= 11 is 0. The van der Waals surface area contributed by atoms with Crippen LogP contribution in [0.4, 0.5) is 0 Å². The van der Waals surface area contributed by atoms with Gasteiger partial charge in [-0.05, 0) is 18.2 Å². The summed E-state index contributed by atoms with van der Waals surface area (Å²) in [5.74, 6) is 0.438. The van der Waals surface area contributed by atoms with Crippen molar-refractivity contribution in [3.8, 4) is 11.8 Å². The second kappa shape index (κ2) is 5.94. The molecule has 0 bridgehead atoms. The maximum Gasteiger partial charge on any atom is 0.150 e. The van der Waals surface area contributed by atoms with Crippen LogP contribution in [0.1, 0.15) is 15.9 Å². The molecule has 2 rings (SSSR count). The first kappa shape index (κ1) is 13.0. The number of ether oxygens (including phenoxy) is 2. The molecule has 0 spiro atoms. The zero-order valence-electron chi connectivity index (χ0n) is 10.4. The van der Waals surface area contributed by atoms with Gasteiger partial charge in [-0.2, -0.15) is 5.26 Å². The number of hydrogen-bond donors (Lipinski definition) is 0. The Morgan fingerprint density at radius 2 is 2.26 bits per heavy atom. The smallest absolute Gasteiger partial charge is 0.150 e. The normalized spacial score (nSPS) is 10.1. The highest BCUT2D eigenvalue weighted by molar-refractivity contribution is 5.92. The lowest BCUT2D eigenvalue weighted by Gasteiger charge is -2.10. The lowest BCUT2D eigenvalue weighted by Crippen LogP contribution is -2.06. The average molecular weight is 256 g/mol. The lowest BCUT2D eigenvalue weighted by atomic mass is 10.1. The van der Waals surface area contributed by atoms with Crippen LogP contribution < -0.4 is 4.74 Å². The van der Waals surface area contributed by atoms with Gasteiger partial charge in [0.15, 0.2) is 0 Å². The van der Waals surface area contributed by atoms with Crippen molar-refractivity contribution >= 4 is 17.2 Å². The van der Waals surface area contributed by atoms with Crippen LogP contribution in [0.25, 0.3) is 10.9 Å². The van der Waals surface area contributed by atoms with Gasteiger partial charge in [-0.25, -0.2) is 0 Å². The molecule has 0 N–H and O–H groups in total. The third-order valence-corrected chi connectivity index (χ3v) is 2.63. The molecule has 0 fully saturated rings. The molecule has 0 saturated carbocycles. The van der Waals surface area contributed by atoms with E-state index in [-0.39, 0.29) is 0 Å². The predicted octanol–water partition coefficient (Wildman–Crippen LogP) is 1.94. The Morgan fingerprint density at radius 1 is 1.42 bits per heavy atom. The van der Waals surface area contributed by atoms with Gasteiger partial charge in [0, 0.05) is 24.3 Å². The molecule has 0 aliphatic heterocycles. The minimum Gasteiger partial charge on any atom is -0.489 e. The molecule has 0 aliphatic rings. The molecule has 0 radical (unpaired) electrons. The first-order valence-electron chi connectivity index (χ1n) is 5.70. The number of aromatic nitrogens is 1. The number of nitriles is 1.